The Labute approximate surface area is 192 Å². The van der Waals surface area contributed by atoms with Crippen molar-refractivity contribution in [3.63, 3.8) is 0 Å². The van der Waals surface area contributed by atoms with Crippen LogP contribution in [0.2, 0.25) is 0 Å². The minimum absolute atomic E-state index is 0.0489. The number of aryl methyl sites for hydroxylation is 2. The van der Waals surface area contributed by atoms with E-state index < -0.39 is 10.0 Å². The molecule has 1 fully saturated rings. The molecule has 172 valence electrons. The molecule has 1 amide bonds. The Kier molecular flexibility index (Phi) is 5.94. The molecule has 1 aromatic carbocycles. The summed E-state index contributed by atoms with van der Waals surface area (Å²) in [6.07, 6.45) is 7.22. The molecule has 2 aliphatic rings. The average molecular weight is 468 g/mol. The summed E-state index contributed by atoms with van der Waals surface area (Å²) in [4.78, 5) is 23.5. The van der Waals surface area contributed by atoms with Crippen LogP contribution in [0.15, 0.2) is 52.1 Å². The van der Waals surface area contributed by atoms with Gasteiger partial charge in [-0.15, -0.1) is 0 Å². The van der Waals surface area contributed by atoms with Gasteiger partial charge in [0.15, 0.2) is 0 Å². The van der Waals surface area contributed by atoms with Crippen molar-refractivity contribution in [2.75, 3.05) is 24.5 Å². The number of carbonyl (C=O) groups excluding carboxylic acids is 1. The molecule has 0 bridgehead atoms. The number of anilines is 1. The van der Waals surface area contributed by atoms with E-state index >= 15 is 0 Å². The van der Waals surface area contributed by atoms with Crippen molar-refractivity contribution < 1.29 is 17.7 Å². The lowest BCUT2D eigenvalue weighted by molar-refractivity contribution is -0.118. The van der Waals surface area contributed by atoms with E-state index in [2.05, 4.69) is 15.1 Å². The summed E-state index contributed by atoms with van der Waals surface area (Å²) < 4.78 is 32.7. The molecule has 10 heteroatoms. The number of hydrogen-bond donors (Lipinski definition) is 0. The monoisotopic (exact) mass is 467 g/mol. The molecule has 0 N–H and O–H groups in total. The number of carbonyl (C=O) groups is 1. The summed E-state index contributed by atoms with van der Waals surface area (Å²) in [6, 6.07) is 8.76. The number of fused-ring (bicyclic) bond motifs is 1. The van der Waals surface area contributed by atoms with Gasteiger partial charge in [0.2, 0.25) is 27.6 Å². The van der Waals surface area contributed by atoms with Crippen LogP contribution in [0.4, 0.5) is 5.69 Å². The number of hydrogen-bond acceptors (Lipinski definition) is 7. The Morgan fingerprint density at radius 2 is 1.94 bits per heavy atom. The molecule has 3 aromatic rings. The fourth-order valence-corrected chi connectivity index (χ4v) is 5.96. The molecule has 2 aliphatic heterocycles. The Morgan fingerprint density at radius 1 is 1.09 bits per heavy atom. The van der Waals surface area contributed by atoms with Gasteiger partial charge in [-0.05, 0) is 61.6 Å². The highest BCUT2D eigenvalue weighted by molar-refractivity contribution is 7.89. The minimum atomic E-state index is -3.48. The van der Waals surface area contributed by atoms with E-state index in [0.29, 0.717) is 42.7 Å². The number of sulfonamides is 1. The van der Waals surface area contributed by atoms with Gasteiger partial charge < -0.3 is 9.42 Å². The second-order valence-electron chi connectivity index (χ2n) is 8.30. The van der Waals surface area contributed by atoms with Crippen LogP contribution >= 0.6 is 0 Å². The second kappa shape index (κ2) is 9.03. The molecule has 0 atom stereocenters. The number of rotatable bonds is 6. The van der Waals surface area contributed by atoms with E-state index in [1.165, 1.54) is 0 Å². The number of pyridine rings is 1. The maximum Gasteiger partial charge on any atom is 0.243 e. The molecule has 1 saturated heterocycles. The SMILES string of the molecule is O=C(CCc1nc(-c2cccnc2)no1)N1CCCc2cc(S(=O)(=O)N3CCCC3)ccc21. The van der Waals surface area contributed by atoms with E-state index in [4.69, 9.17) is 4.52 Å². The van der Waals surface area contributed by atoms with Gasteiger partial charge in [-0.2, -0.15) is 9.29 Å². The first-order valence-electron chi connectivity index (χ1n) is 11.2. The molecule has 2 aromatic heterocycles. The number of aromatic nitrogens is 3. The third-order valence-electron chi connectivity index (χ3n) is 6.11. The fraction of sp³-hybridized carbons (Fsp3) is 0.391. The summed E-state index contributed by atoms with van der Waals surface area (Å²) in [5.74, 6) is 0.791. The zero-order valence-electron chi connectivity index (χ0n) is 18.2. The molecule has 0 saturated carbocycles. The van der Waals surface area contributed by atoms with E-state index in [0.717, 1.165) is 42.5 Å². The van der Waals surface area contributed by atoms with Gasteiger partial charge in [-0.1, -0.05) is 5.16 Å². The van der Waals surface area contributed by atoms with Gasteiger partial charge >= 0.3 is 0 Å². The van der Waals surface area contributed by atoms with Crippen molar-refractivity contribution in [1.29, 1.82) is 0 Å². The molecule has 4 heterocycles. The quantitative estimate of drug-likeness (QED) is 0.548. The summed E-state index contributed by atoms with van der Waals surface area (Å²) >= 11 is 0. The second-order valence-corrected chi connectivity index (χ2v) is 10.2. The predicted octanol–water partition coefficient (Wildman–Crippen LogP) is 2.83. The Bertz CT molecular complexity index is 1250. The van der Waals surface area contributed by atoms with E-state index in [1.54, 1.807) is 45.9 Å². The minimum Gasteiger partial charge on any atom is -0.339 e. The van der Waals surface area contributed by atoms with Crippen LogP contribution in [-0.2, 0) is 27.7 Å². The van der Waals surface area contributed by atoms with Crippen molar-refractivity contribution in [3.05, 3.63) is 54.2 Å². The first-order chi connectivity index (χ1) is 16.0. The maximum absolute atomic E-state index is 13.0. The maximum atomic E-state index is 13.0. The number of benzene rings is 1. The molecule has 0 radical (unpaired) electrons. The lowest BCUT2D eigenvalue weighted by Crippen LogP contribution is -2.36. The molecule has 9 nitrogen and oxygen atoms in total. The highest BCUT2D eigenvalue weighted by Crippen LogP contribution is 2.32. The van der Waals surface area contributed by atoms with Crippen LogP contribution < -0.4 is 4.90 Å². The molecular weight excluding hydrogens is 442 g/mol. The first-order valence-corrected chi connectivity index (χ1v) is 12.6. The van der Waals surface area contributed by atoms with Gasteiger partial charge in [0.1, 0.15) is 0 Å². The summed E-state index contributed by atoms with van der Waals surface area (Å²) in [7, 11) is -3.48. The third-order valence-corrected chi connectivity index (χ3v) is 8.01. The largest absolute Gasteiger partial charge is 0.339 e. The number of nitrogens with zero attached hydrogens (tertiary/aromatic N) is 5. The third kappa shape index (κ3) is 4.40. The highest BCUT2D eigenvalue weighted by atomic mass is 32.2. The van der Waals surface area contributed by atoms with E-state index in [-0.39, 0.29) is 12.3 Å². The Morgan fingerprint density at radius 3 is 2.73 bits per heavy atom. The molecular formula is C23H25N5O4S. The van der Waals surface area contributed by atoms with Crippen LogP contribution in [0.25, 0.3) is 11.4 Å². The van der Waals surface area contributed by atoms with E-state index in [9.17, 15) is 13.2 Å². The lowest BCUT2D eigenvalue weighted by Gasteiger charge is -2.30. The van der Waals surface area contributed by atoms with Gasteiger partial charge in [0.25, 0.3) is 0 Å². The van der Waals surface area contributed by atoms with Gasteiger partial charge in [0, 0.05) is 56.1 Å². The highest BCUT2D eigenvalue weighted by Gasteiger charge is 2.29. The molecule has 0 spiro atoms. The van der Waals surface area contributed by atoms with E-state index in [1.807, 2.05) is 6.07 Å². The van der Waals surface area contributed by atoms with Gasteiger partial charge in [-0.3, -0.25) is 9.78 Å². The predicted molar refractivity (Wildman–Crippen MR) is 121 cm³/mol. The van der Waals surface area contributed by atoms with Crippen molar-refractivity contribution >= 4 is 21.6 Å². The zero-order chi connectivity index (χ0) is 22.8. The Balaban J connectivity index is 1.28. The van der Waals surface area contributed by atoms with Crippen LogP contribution in [0.3, 0.4) is 0 Å². The standard InChI is InChI=1S/C23H25N5O4S/c29-22(10-9-21-25-23(26-32-21)18-5-3-11-24-16-18)28-14-4-6-17-15-19(7-8-20(17)28)33(30,31)27-12-1-2-13-27/h3,5,7-8,11,15-16H,1-2,4,6,9-10,12-14H2. The molecule has 33 heavy (non-hydrogen) atoms. The molecule has 5 rings (SSSR count). The smallest absolute Gasteiger partial charge is 0.243 e. The van der Waals surface area contributed by atoms with Crippen molar-refractivity contribution in [2.24, 2.45) is 0 Å². The molecule has 0 aliphatic carbocycles. The fourth-order valence-electron chi connectivity index (χ4n) is 4.39. The zero-order valence-corrected chi connectivity index (χ0v) is 19.0. The normalized spacial score (nSPS) is 16.7. The van der Waals surface area contributed by atoms with Crippen molar-refractivity contribution in [2.45, 2.75) is 43.4 Å². The van der Waals surface area contributed by atoms with Crippen LogP contribution in [0, 0.1) is 0 Å². The molecule has 0 unspecified atom stereocenters. The summed E-state index contributed by atoms with van der Waals surface area (Å²) in [6.45, 7) is 1.75. The van der Waals surface area contributed by atoms with Gasteiger partial charge in [-0.25, -0.2) is 8.42 Å². The summed E-state index contributed by atoms with van der Waals surface area (Å²) in [5.41, 5.74) is 2.43. The van der Waals surface area contributed by atoms with Crippen molar-refractivity contribution in [1.82, 2.24) is 19.4 Å². The lowest BCUT2D eigenvalue weighted by atomic mass is 10.0. The van der Waals surface area contributed by atoms with Gasteiger partial charge in [0.05, 0.1) is 4.90 Å². The first kappa shape index (κ1) is 21.7. The van der Waals surface area contributed by atoms with Crippen molar-refractivity contribution in [3.8, 4) is 11.4 Å². The topological polar surface area (TPSA) is 109 Å². The number of amides is 1. The van der Waals surface area contributed by atoms with Crippen LogP contribution in [-0.4, -0.2) is 53.4 Å². The van der Waals surface area contributed by atoms with Crippen LogP contribution in [0.1, 0.15) is 37.1 Å². The average Bonchev–Trinajstić information content (AvgIpc) is 3.55. The van der Waals surface area contributed by atoms with Crippen LogP contribution in [0.5, 0.6) is 0 Å². The summed E-state index contributed by atoms with van der Waals surface area (Å²) in [5, 5.41) is 3.97. The Hall–Kier alpha value is -3.11.